The lowest BCUT2D eigenvalue weighted by Crippen LogP contribution is -2.56. The second-order valence-corrected chi connectivity index (χ2v) is 18.2. The summed E-state index contributed by atoms with van der Waals surface area (Å²) in [4.78, 5) is 70.6. The van der Waals surface area contributed by atoms with Gasteiger partial charge in [0.25, 0.3) is 5.91 Å². The van der Waals surface area contributed by atoms with E-state index >= 15 is 0 Å². The Hall–Kier alpha value is -4.45. The molecule has 1 saturated heterocycles. The van der Waals surface area contributed by atoms with E-state index in [1.165, 1.54) is 7.11 Å². The highest BCUT2D eigenvalue weighted by molar-refractivity contribution is 7.90. The van der Waals surface area contributed by atoms with E-state index in [1.54, 1.807) is 61.2 Å². The standard InChI is InChI=1S/C41H70N10O8S/c1-13-28(4)36(50(10)40(55)35(27(2)3)45-41(48(6)7)49(8)9)33(58-11)26-34(52)51-23-17-21-32(51)37(59-12)29(5)38(53)44-31(25-30-19-15-14-16-20-30)39(54)46-60(56,57)24-18-22-43-47-42/h14-16,19-20,27-29,31-33,35-37H,13,17-18,21-26H2,1-12H3,(H,44,53)(H,46,54)/t28-,29+,31-,32-,33+,35-,36-,37+/m0/s1. The number of rotatable bonds is 23. The fraction of sp³-hybridized carbons (Fsp3) is 0.732. The Morgan fingerprint density at radius 2 is 1.62 bits per heavy atom. The number of sulfonamides is 1. The Labute approximate surface area is 357 Å². The number of likely N-dealkylation sites (N-methyl/N-ethyl adjacent to an activating group) is 1. The number of carbonyl (C=O) groups is 4. The molecule has 1 fully saturated rings. The van der Waals surface area contributed by atoms with Gasteiger partial charge in [-0.15, -0.1) is 0 Å². The number of hydrogen-bond donors (Lipinski definition) is 2. The lowest BCUT2D eigenvalue weighted by molar-refractivity contribution is -0.146. The van der Waals surface area contributed by atoms with Gasteiger partial charge in [-0.05, 0) is 42.2 Å². The summed E-state index contributed by atoms with van der Waals surface area (Å²) >= 11 is 0. The van der Waals surface area contributed by atoms with Crippen LogP contribution in [0.15, 0.2) is 40.4 Å². The van der Waals surface area contributed by atoms with Crippen LogP contribution in [0.5, 0.6) is 0 Å². The van der Waals surface area contributed by atoms with Gasteiger partial charge in [-0.3, -0.25) is 23.9 Å². The third-order valence-corrected chi connectivity index (χ3v) is 12.4. The summed E-state index contributed by atoms with van der Waals surface area (Å²) in [5.74, 6) is -2.65. The first-order chi connectivity index (χ1) is 28.2. The highest BCUT2D eigenvalue weighted by atomic mass is 32.2. The van der Waals surface area contributed by atoms with Crippen molar-refractivity contribution in [2.45, 2.75) is 110 Å². The molecule has 8 atom stereocenters. The molecule has 1 aromatic carbocycles. The largest absolute Gasteiger partial charge is 0.379 e. The molecular formula is C41H70N10O8S. The summed E-state index contributed by atoms with van der Waals surface area (Å²) in [5, 5.41) is 6.09. The molecule has 1 aromatic rings. The molecule has 0 bridgehead atoms. The molecule has 0 spiro atoms. The van der Waals surface area contributed by atoms with Crippen molar-refractivity contribution in [2.75, 3.05) is 68.3 Å². The number of benzene rings is 1. The third kappa shape index (κ3) is 14.9. The molecule has 4 amide bonds. The molecule has 0 saturated carbocycles. The van der Waals surface area contributed by atoms with Gasteiger partial charge in [0.1, 0.15) is 12.1 Å². The highest BCUT2D eigenvalue weighted by Crippen LogP contribution is 2.30. The van der Waals surface area contributed by atoms with Gasteiger partial charge in [-0.1, -0.05) is 76.5 Å². The van der Waals surface area contributed by atoms with Gasteiger partial charge in [-0.25, -0.2) is 13.4 Å². The van der Waals surface area contributed by atoms with E-state index in [-0.39, 0.29) is 49.5 Å². The number of carbonyl (C=O) groups excluding carboxylic acids is 4. The SMILES string of the molecule is CC[C@H](C)[C@@H]([C@@H](CC(=O)N1CCC[C@H]1[C@H](OC)[C@@H](C)C(=O)N[C@@H](Cc1ccccc1)C(=O)NS(=O)(=O)CCCN=[N+]=[N-])OC)N(C)C(=O)[C@@H](N=C(N(C)C)N(C)C)C(C)C. The maximum Gasteiger partial charge on any atom is 0.256 e. The maximum absolute atomic E-state index is 14.3. The third-order valence-electron chi connectivity index (χ3n) is 11.1. The van der Waals surface area contributed by atoms with Crippen LogP contribution >= 0.6 is 0 Å². The lowest BCUT2D eigenvalue weighted by Gasteiger charge is -2.40. The van der Waals surface area contributed by atoms with Gasteiger partial charge in [0, 0.05) is 73.9 Å². The second-order valence-electron chi connectivity index (χ2n) is 16.3. The number of amides is 4. The van der Waals surface area contributed by atoms with Crippen molar-refractivity contribution >= 4 is 39.6 Å². The van der Waals surface area contributed by atoms with Crippen LogP contribution < -0.4 is 10.0 Å². The Bertz CT molecular complexity index is 1730. The van der Waals surface area contributed by atoms with E-state index in [0.29, 0.717) is 30.9 Å². The highest BCUT2D eigenvalue weighted by Gasteiger charge is 2.43. The monoisotopic (exact) mass is 863 g/mol. The number of aliphatic imine (C=N–C) groups is 1. The quantitative estimate of drug-likeness (QED) is 0.0409. The molecule has 0 radical (unpaired) electrons. The van der Waals surface area contributed by atoms with Crippen LogP contribution in [-0.4, -0.2) is 162 Å². The van der Waals surface area contributed by atoms with Crippen LogP contribution in [0, 0.1) is 17.8 Å². The Morgan fingerprint density at radius 3 is 2.15 bits per heavy atom. The molecule has 0 aromatic heterocycles. The van der Waals surface area contributed by atoms with Crippen molar-refractivity contribution in [1.29, 1.82) is 0 Å². The first-order valence-electron chi connectivity index (χ1n) is 20.7. The van der Waals surface area contributed by atoms with Crippen LogP contribution in [-0.2, 0) is 45.1 Å². The first kappa shape index (κ1) is 51.7. The summed E-state index contributed by atoms with van der Waals surface area (Å²) in [6.07, 6.45) is 0.511. The summed E-state index contributed by atoms with van der Waals surface area (Å²) in [7, 11) is 8.17. The predicted molar refractivity (Wildman–Crippen MR) is 232 cm³/mol. The zero-order valence-corrected chi connectivity index (χ0v) is 38.5. The molecule has 2 N–H and O–H groups in total. The van der Waals surface area contributed by atoms with E-state index in [4.69, 9.17) is 20.0 Å². The first-order valence-corrected chi connectivity index (χ1v) is 22.3. The molecule has 18 nitrogen and oxygen atoms in total. The van der Waals surface area contributed by atoms with Gasteiger partial charge < -0.3 is 34.4 Å². The van der Waals surface area contributed by atoms with Crippen molar-refractivity contribution in [1.82, 2.24) is 29.6 Å². The predicted octanol–water partition coefficient (Wildman–Crippen LogP) is 3.28. The van der Waals surface area contributed by atoms with Crippen molar-refractivity contribution in [3.8, 4) is 0 Å². The van der Waals surface area contributed by atoms with Gasteiger partial charge in [0.2, 0.25) is 27.7 Å². The van der Waals surface area contributed by atoms with Crippen LogP contribution in [0.3, 0.4) is 0 Å². The Kier molecular flexibility index (Phi) is 21.3. The molecule has 60 heavy (non-hydrogen) atoms. The van der Waals surface area contributed by atoms with Crippen molar-refractivity contribution in [2.24, 2.45) is 27.9 Å². The van der Waals surface area contributed by atoms with E-state index in [0.717, 1.165) is 6.42 Å². The number of azide groups is 1. The van der Waals surface area contributed by atoms with E-state index in [2.05, 4.69) is 20.1 Å². The van der Waals surface area contributed by atoms with E-state index < -0.39 is 69.9 Å². The van der Waals surface area contributed by atoms with Crippen LogP contribution in [0.2, 0.25) is 0 Å². The molecule has 19 heteroatoms. The number of ether oxygens (including phenoxy) is 2. The van der Waals surface area contributed by atoms with E-state index in [9.17, 15) is 27.6 Å². The molecule has 1 heterocycles. The number of guanidine groups is 1. The summed E-state index contributed by atoms with van der Waals surface area (Å²) < 4.78 is 39.5. The molecule has 2 rings (SSSR count). The second kappa shape index (κ2) is 24.7. The number of nitrogens with one attached hydrogen (secondary N) is 2. The van der Waals surface area contributed by atoms with Crippen LogP contribution in [0.25, 0.3) is 10.4 Å². The minimum Gasteiger partial charge on any atom is -0.379 e. The average Bonchev–Trinajstić information content (AvgIpc) is 3.68. The molecular weight excluding hydrogens is 793 g/mol. The summed E-state index contributed by atoms with van der Waals surface area (Å²) in [6, 6.07) is 5.99. The lowest BCUT2D eigenvalue weighted by atomic mass is 9.89. The van der Waals surface area contributed by atoms with E-state index in [1.807, 2.05) is 65.7 Å². The molecule has 0 aliphatic carbocycles. The zero-order valence-electron chi connectivity index (χ0n) is 37.7. The minimum absolute atomic E-state index is 0.00628. The van der Waals surface area contributed by atoms with Crippen molar-refractivity contribution in [3.63, 3.8) is 0 Å². The fourth-order valence-electron chi connectivity index (χ4n) is 7.77. The van der Waals surface area contributed by atoms with Gasteiger partial charge in [0.15, 0.2) is 5.96 Å². The van der Waals surface area contributed by atoms with Crippen molar-refractivity contribution < 1.29 is 37.1 Å². The van der Waals surface area contributed by atoms with Gasteiger partial charge >= 0.3 is 0 Å². The maximum atomic E-state index is 14.3. The fourth-order valence-corrected chi connectivity index (χ4v) is 8.83. The Morgan fingerprint density at radius 1 is 0.983 bits per heavy atom. The molecule has 338 valence electrons. The molecule has 1 aliphatic heterocycles. The number of hydrogen-bond acceptors (Lipinski definition) is 10. The van der Waals surface area contributed by atoms with Crippen LogP contribution in [0.4, 0.5) is 0 Å². The number of nitrogens with zero attached hydrogens (tertiary/aromatic N) is 8. The van der Waals surface area contributed by atoms with Crippen LogP contribution in [0.1, 0.15) is 72.3 Å². The van der Waals surface area contributed by atoms with Crippen molar-refractivity contribution in [3.05, 3.63) is 46.3 Å². The number of likely N-dealkylation sites (tertiary alicyclic amines) is 1. The smallest absolute Gasteiger partial charge is 0.256 e. The summed E-state index contributed by atoms with van der Waals surface area (Å²) in [5.41, 5.74) is 9.19. The van der Waals surface area contributed by atoms with Gasteiger partial charge in [-0.2, -0.15) is 0 Å². The normalized spacial score (nSPS) is 17.6. The zero-order chi connectivity index (χ0) is 45.3. The molecule has 0 unspecified atom stereocenters. The number of methoxy groups -OCH3 is 2. The molecule has 1 aliphatic rings. The Balaban J connectivity index is 2.35. The van der Waals surface area contributed by atoms with Gasteiger partial charge in [0.05, 0.1) is 42.4 Å². The minimum atomic E-state index is -4.11. The summed E-state index contributed by atoms with van der Waals surface area (Å²) in [6.45, 7) is 10.0. The topological polar surface area (TPSA) is 219 Å². The average molecular weight is 863 g/mol.